The van der Waals surface area contributed by atoms with E-state index in [4.69, 9.17) is 5.11 Å². The van der Waals surface area contributed by atoms with E-state index >= 15 is 0 Å². The molecule has 0 aromatic heterocycles. The number of hydrogen-bond donors (Lipinski definition) is 3. The van der Waals surface area contributed by atoms with Crippen molar-refractivity contribution in [3.05, 3.63) is 0 Å². The van der Waals surface area contributed by atoms with Gasteiger partial charge < -0.3 is 20.6 Å². The Morgan fingerprint density at radius 3 is 2.35 bits per heavy atom. The maximum Gasteiger partial charge on any atom is 0.317 e. The van der Waals surface area contributed by atoms with Crippen LogP contribution in [0.5, 0.6) is 0 Å². The first-order valence-corrected chi connectivity index (χ1v) is 6.70. The van der Waals surface area contributed by atoms with Crippen molar-refractivity contribution in [2.24, 2.45) is 11.8 Å². The van der Waals surface area contributed by atoms with E-state index in [9.17, 15) is 14.4 Å². The standard InChI is InChI=1S/C13H25N3O4/c1-9(5-6-11(17)18)7-15-13(20)16(4)8-10(2)12(19)14-3/h9-10H,5-8H2,1-4H3,(H,14,19)(H,15,20)(H,17,18). The van der Waals surface area contributed by atoms with Gasteiger partial charge in [0.05, 0.1) is 5.92 Å². The molecule has 3 amide bonds. The molecule has 0 fully saturated rings. The third kappa shape index (κ3) is 7.60. The lowest BCUT2D eigenvalue weighted by atomic mass is 10.1. The van der Waals surface area contributed by atoms with Crippen LogP contribution in [0.4, 0.5) is 4.79 Å². The molecule has 116 valence electrons. The molecule has 2 atom stereocenters. The second kappa shape index (κ2) is 9.17. The van der Waals surface area contributed by atoms with Gasteiger partial charge in [0.2, 0.25) is 5.91 Å². The molecule has 0 aromatic carbocycles. The third-order valence-corrected chi connectivity index (χ3v) is 3.04. The van der Waals surface area contributed by atoms with E-state index in [1.807, 2.05) is 6.92 Å². The lowest BCUT2D eigenvalue weighted by Gasteiger charge is -2.22. The quantitative estimate of drug-likeness (QED) is 0.605. The first-order valence-electron chi connectivity index (χ1n) is 6.70. The molecule has 0 aliphatic carbocycles. The summed E-state index contributed by atoms with van der Waals surface area (Å²) in [6.07, 6.45) is 0.620. The number of carbonyl (C=O) groups is 3. The second-order valence-corrected chi connectivity index (χ2v) is 5.12. The monoisotopic (exact) mass is 287 g/mol. The zero-order chi connectivity index (χ0) is 15.7. The van der Waals surface area contributed by atoms with Crippen molar-refractivity contribution in [1.82, 2.24) is 15.5 Å². The summed E-state index contributed by atoms with van der Waals surface area (Å²) >= 11 is 0. The average Bonchev–Trinajstić information content (AvgIpc) is 2.40. The van der Waals surface area contributed by atoms with Crippen LogP contribution in [0.3, 0.4) is 0 Å². The van der Waals surface area contributed by atoms with E-state index in [1.165, 1.54) is 4.90 Å². The lowest BCUT2D eigenvalue weighted by molar-refractivity contribution is -0.137. The smallest absolute Gasteiger partial charge is 0.317 e. The number of nitrogens with zero attached hydrogens (tertiary/aromatic N) is 1. The highest BCUT2D eigenvalue weighted by molar-refractivity contribution is 5.79. The van der Waals surface area contributed by atoms with E-state index in [2.05, 4.69) is 10.6 Å². The number of rotatable bonds is 8. The molecule has 0 rings (SSSR count). The van der Waals surface area contributed by atoms with Gasteiger partial charge in [-0.2, -0.15) is 0 Å². The van der Waals surface area contributed by atoms with Crippen LogP contribution < -0.4 is 10.6 Å². The molecule has 2 unspecified atom stereocenters. The van der Waals surface area contributed by atoms with Crippen LogP contribution in [0.25, 0.3) is 0 Å². The summed E-state index contributed by atoms with van der Waals surface area (Å²) in [5.74, 6) is -1.13. The molecule has 0 aliphatic heterocycles. The minimum atomic E-state index is -0.834. The van der Waals surface area contributed by atoms with Gasteiger partial charge >= 0.3 is 12.0 Å². The Labute approximate surface area is 119 Å². The first kappa shape index (κ1) is 18.2. The van der Waals surface area contributed by atoms with Crippen LogP contribution in [0.15, 0.2) is 0 Å². The highest BCUT2D eigenvalue weighted by Gasteiger charge is 2.17. The van der Waals surface area contributed by atoms with E-state index in [1.54, 1.807) is 21.0 Å². The fourth-order valence-corrected chi connectivity index (χ4v) is 1.69. The van der Waals surface area contributed by atoms with Gasteiger partial charge in [-0.1, -0.05) is 13.8 Å². The Balaban J connectivity index is 4.01. The molecule has 0 heterocycles. The van der Waals surface area contributed by atoms with Crippen molar-refractivity contribution in [2.45, 2.75) is 26.7 Å². The molecule has 7 heteroatoms. The Kier molecular flexibility index (Phi) is 8.35. The molecular weight excluding hydrogens is 262 g/mol. The summed E-state index contributed by atoms with van der Waals surface area (Å²) in [7, 11) is 3.18. The number of urea groups is 1. The van der Waals surface area contributed by atoms with Gasteiger partial charge in [-0.05, 0) is 12.3 Å². The molecule has 20 heavy (non-hydrogen) atoms. The van der Waals surface area contributed by atoms with Gasteiger partial charge in [0.25, 0.3) is 0 Å². The molecule has 0 spiro atoms. The summed E-state index contributed by atoms with van der Waals surface area (Å²) in [6.45, 7) is 4.38. The van der Waals surface area contributed by atoms with E-state index in [0.29, 0.717) is 19.5 Å². The normalized spacial score (nSPS) is 13.2. The number of aliphatic carboxylic acids is 1. The minimum absolute atomic E-state index is 0.0970. The topological polar surface area (TPSA) is 98.7 Å². The highest BCUT2D eigenvalue weighted by atomic mass is 16.4. The largest absolute Gasteiger partial charge is 0.481 e. The Hall–Kier alpha value is -1.79. The molecule has 0 bridgehead atoms. The van der Waals surface area contributed by atoms with Crippen molar-refractivity contribution in [3.63, 3.8) is 0 Å². The van der Waals surface area contributed by atoms with Gasteiger partial charge in [0.1, 0.15) is 0 Å². The summed E-state index contributed by atoms with van der Waals surface area (Å²) in [6, 6.07) is -0.261. The predicted octanol–water partition coefficient (Wildman–Crippen LogP) is 0.511. The minimum Gasteiger partial charge on any atom is -0.481 e. The Bertz CT molecular complexity index is 347. The number of nitrogens with one attached hydrogen (secondary N) is 2. The Morgan fingerprint density at radius 2 is 1.85 bits per heavy atom. The fourth-order valence-electron chi connectivity index (χ4n) is 1.69. The van der Waals surface area contributed by atoms with Crippen LogP contribution in [0, 0.1) is 11.8 Å². The maximum absolute atomic E-state index is 11.8. The predicted molar refractivity (Wildman–Crippen MR) is 75.3 cm³/mol. The molecule has 0 saturated carbocycles. The number of carboxylic acids is 1. The number of carboxylic acid groups (broad SMARTS) is 1. The van der Waals surface area contributed by atoms with Gasteiger partial charge in [-0.3, -0.25) is 9.59 Å². The van der Waals surface area contributed by atoms with Crippen molar-refractivity contribution in [3.8, 4) is 0 Å². The molecular formula is C13H25N3O4. The van der Waals surface area contributed by atoms with Gasteiger partial charge in [0.15, 0.2) is 0 Å². The molecule has 7 nitrogen and oxygen atoms in total. The fraction of sp³-hybridized carbons (Fsp3) is 0.769. The van der Waals surface area contributed by atoms with Crippen molar-refractivity contribution >= 4 is 17.9 Å². The van der Waals surface area contributed by atoms with Gasteiger partial charge in [-0.25, -0.2) is 4.79 Å². The molecule has 0 aliphatic rings. The zero-order valence-electron chi connectivity index (χ0n) is 12.6. The summed E-state index contributed by atoms with van der Waals surface area (Å²) in [4.78, 5) is 35.0. The number of amides is 3. The average molecular weight is 287 g/mol. The van der Waals surface area contributed by atoms with E-state index in [0.717, 1.165) is 0 Å². The van der Waals surface area contributed by atoms with E-state index in [-0.39, 0.29) is 30.2 Å². The van der Waals surface area contributed by atoms with E-state index < -0.39 is 5.97 Å². The van der Waals surface area contributed by atoms with Crippen LogP contribution in [0.2, 0.25) is 0 Å². The lowest BCUT2D eigenvalue weighted by Crippen LogP contribution is -2.43. The van der Waals surface area contributed by atoms with Crippen molar-refractivity contribution in [1.29, 1.82) is 0 Å². The maximum atomic E-state index is 11.8. The van der Waals surface area contributed by atoms with Gasteiger partial charge in [-0.15, -0.1) is 0 Å². The second-order valence-electron chi connectivity index (χ2n) is 5.12. The molecule has 0 radical (unpaired) electrons. The Morgan fingerprint density at radius 1 is 1.25 bits per heavy atom. The number of carbonyl (C=O) groups excluding carboxylic acids is 2. The third-order valence-electron chi connectivity index (χ3n) is 3.04. The summed E-state index contributed by atoms with van der Waals surface area (Å²) in [5, 5.41) is 13.8. The molecule has 0 aromatic rings. The van der Waals surface area contributed by atoms with Crippen LogP contribution in [-0.4, -0.2) is 55.1 Å². The molecule has 0 saturated heterocycles. The summed E-state index contributed by atoms with van der Waals surface area (Å²) < 4.78 is 0. The zero-order valence-corrected chi connectivity index (χ0v) is 12.6. The number of hydrogen-bond acceptors (Lipinski definition) is 3. The van der Waals surface area contributed by atoms with Crippen molar-refractivity contribution < 1.29 is 19.5 Å². The van der Waals surface area contributed by atoms with Crippen LogP contribution in [0.1, 0.15) is 26.7 Å². The highest BCUT2D eigenvalue weighted by Crippen LogP contribution is 2.04. The van der Waals surface area contributed by atoms with Crippen molar-refractivity contribution in [2.75, 3.05) is 27.2 Å². The van der Waals surface area contributed by atoms with Crippen LogP contribution >= 0.6 is 0 Å². The van der Waals surface area contributed by atoms with Gasteiger partial charge in [0, 0.05) is 33.6 Å². The SMILES string of the molecule is CNC(=O)C(C)CN(C)C(=O)NCC(C)CCC(=O)O. The summed E-state index contributed by atoms with van der Waals surface area (Å²) in [5.41, 5.74) is 0. The molecule has 3 N–H and O–H groups in total. The first-order chi connectivity index (χ1) is 9.27. The van der Waals surface area contributed by atoms with Crippen LogP contribution in [-0.2, 0) is 9.59 Å².